The molecule has 9 rings (SSSR count). The second-order valence-electron chi connectivity index (χ2n) is 19.7. The lowest BCUT2D eigenvalue weighted by Gasteiger charge is -2.45. The van der Waals surface area contributed by atoms with Crippen molar-refractivity contribution in [2.75, 3.05) is 48.7 Å². The third-order valence-corrected chi connectivity index (χ3v) is 18.0. The number of hydrogen-bond donors (Lipinski definition) is 6. The number of piperidine rings is 2. The van der Waals surface area contributed by atoms with Gasteiger partial charge in [-0.3, -0.25) is 29.3 Å². The van der Waals surface area contributed by atoms with Crippen LogP contribution in [0.5, 0.6) is 5.75 Å². The zero-order valence-corrected chi connectivity index (χ0v) is 41.8. The van der Waals surface area contributed by atoms with Gasteiger partial charge in [0.05, 0.1) is 17.2 Å². The van der Waals surface area contributed by atoms with Crippen molar-refractivity contribution in [1.29, 1.82) is 0 Å². The Hall–Kier alpha value is -6.55. The molecule has 1 unspecified atom stereocenters. The number of hydrogen-bond acceptors (Lipinski definition) is 13. The number of thiophene rings is 1. The summed E-state index contributed by atoms with van der Waals surface area (Å²) in [6, 6.07) is 18.4. The molecule has 72 heavy (non-hydrogen) atoms. The van der Waals surface area contributed by atoms with Gasteiger partial charge in [-0.2, -0.15) is 4.31 Å². The smallest absolute Gasteiger partial charge is 0.349 e. The summed E-state index contributed by atoms with van der Waals surface area (Å²) in [5.41, 5.74) is 3.34. The summed E-state index contributed by atoms with van der Waals surface area (Å²) < 4.78 is 34.9. The molecule has 4 fully saturated rings. The Balaban J connectivity index is 0.747. The number of ether oxygens (including phenoxy) is 1. The summed E-state index contributed by atoms with van der Waals surface area (Å²) in [6.07, 6.45) is 2.61. The standard InChI is InChI=1S/C50H54ClN7O12S2/c1-50(2)20-34(53-33-9-4-7-28(19-33)44-42(51)43(70-25-41(61)62)45(71-44)49(66)67)14-15-58(50)72(68,69)26-27-6-3-8-32(16-27)54-46(63)29-17-30-22-56(23-31(30)18-29)40(60)21-52-37-11-5-10-35-36(37)24-57(48(35)65)38-12-13-39(59)55-47(38)64/h3-11,16,19,29-31,34,38,52-53H,12-15,17-18,20-26H2,1-2H3,(H,54,63)(H,61,62)(H,66,67)(H,55,59,64)/t29?,30-,31+,34-,38+/m0/s1. The van der Waals surface area contributed by atoms with Gasteiger partial charge >= 0.3 is 11.9 Å². The molecule has 3 saturated heterocycles. The summed E-state index contributed by atoms with van der Waals surface area (Å²) in [6.45, 7) is 4.49. The van der Waals surface area contributed by atoms with E-state index in [0.29, 0.717) is 83.0 Å². The van der Waals surface area contributed by atoms with Gasteiger partial charge in [0.1, 0.15) is 11.1 Å². The molecule has 1 saturated carbocycles. The molecule has 22 heteroatoms. The monoisotopic (exact) mass is 1040 g/mol. The topological polar surface area (TPSA) is 261 Å². The van der Waals surface area contributed by atoms with Gasteiger partial charge in [0.2, 0.25) is 33.7 Å². The van der Waals surface area contributed by atoms with Crippen LogP contribution in [0.15, 0.2) is 66.7 Å². The van der Waals surface area contributed by atoms with E-state index in [4.69, 9.17) is 21.4 Å². The van der Waals surface area contributed by atoms with Crippen molar-refractivity contribution >= 4 is 91.5 Å². The quantitative estimate of drug-likeness (QED) is 0.0735. The number of carboxylic acids is 2. The first kappa shape index (κ1) is 50.4. The van der Waals surface area contributed by atoms with E-state index in [1.54, 1.807) is 60.7 Å². The molecule has 5 aliphatic rings. The van der Waals surface area contributed by atoms with Crippen LogP contribution in [0.25, 0.3) is 10.4 Å². The molecule has 5 heterocycles. The van der Waals surface area contributed by atoms with Crippen LogP contribution in [0, 0.1) is 17.8 Å². The second kappa shape index (κ2) is 20.2. The molecule has 0 spiro atoms. The first-order chi connectivity index (χ1) is 34.2. The number of rotatable bonds is 16. The van der Waals surface area contributed by atoms with Crippen molar-refractivity contribution in [3.63, 3.8) is 0 Å². The van der Waals surface area contributed by atoms with Gasteiger partial charge in [-0.1, -0.05) is 41.9 Å². The number of aromatic carboxylic acids is 1. The van der Waals surface area contributed by atoms with Gasteiger partial charge < -0.3 is 40.7 Å². The number of anilines is 3. The number of carboxylic acid groups (broad SMARTS) is 2. The third kappa shape index (κ3) is 10.5. The van der Waals surface area contributed by atoms with E-state index < -0.39 is 46.1 Å². The highest BCUT2D eigenvalue weighted by Gasteiger charge is 2.46. The van der Waals surface area contributed by atoms with Gasteiger partial charge in [0.15, 0.2) is 17.2 Å². The van der Waals surface area contributed by atoms with Gasteiger partial charge in [0, 0.05) is 78.3 Å². The van der Waals surface area contributed by atoms with Crippen LogP contribution in [0.2, 0.25) is 5.02 Å². The molecular formula is C50H54ClN7O12S2. The molecule has 6 N–H and O–H groups in total. The lowest BCUT2D eigenvalue weighted by atomic mass is 9.89. The van der Waals surface area contributed by atoms with E-state index in [0.717, 1.165) is 11.3 Å². The molecule has 1 aliphatic carbocycles. The van der Waals surface area contributed by atoms with Crippen molar-refractivity contribution in [1.82, 2.24) is 19.4 Å². The number of amides is 5. The van der Waals surface area contributed by atoms with Crippen LogP contribution in [0.3, 0.4) is 0 Å². The number of nitrogens with one attached hydrogen (secondary N) is 4. The second-order valence-corrected chi connectivity index (χ2v) is 23.0. The lowest BCUT2D eigenvalue weighted by molar-refractivity contribution is -0.139. The number of nitrogens with zero attached hydrogens (tertiary/aromatic N) is 3. The van der Waals surface area contributed by atoms with E-state index in [1.807, 2.05) is 24.8 Å². The van der Waals surface area contributed by atoms with E-state index in [1.165, 1.54) is 9.21 Å². The van der Waals surface area contributed by atoms with Crippen molar-refractivity contribution < 1.29 is 56.9 Å². The summed E-state index contributed by atoms with van der Waals surface area (Å²) in [5.74, 6) is -4.41. The summed E-state index contributed by atoms with van der Waals surface area (Å²) in [5, 5.41) is 30.8. The summed E-state index contributed by atoms with van der Waals surface area (Å²) in [7, 11) is -3.82. The fourth-order valence-electron chi connectivity index (χ4n) is 11.0. The Morgan fingerprint density at radius 1 is 0.944 bits per heavy atom. The Morgan fingerprint density at radius 3 is 2.38 bits per heavy atom. The molecular weight excluding hydrogens is 990 g/mol. The first-order valence-corrected chi connectivity index (χ1v) is 26.5. The fourth-order valence-corrected chi connectivity index (χ4v) is 14.4. The molecule has 5 atom stereocenters. The number of carbonyl (C=O) groups excluding carboxylic acids is 5. The maximum atomic E-state index is 14.1. The van der Waals surface area contributed by atoms with E-state index >= 15 is 0 Å². The molecule has 3 aromatic carbocycles. The van der Waals surface area contributed by atoms with Crippen molar-refractivity contribution in [3.05, 3.63) is 93.3 Å². The van der Waals surface area contributed by atoms with E-state index in [2.05, 4.69) is 21.3 Å². The van der Waals surface area contributed by atoms with Crippen LogP contribution in [-0.2, 0) is 46.3 Å². The Bertz CT molecular complexity index is 2990. The number of benzene rings is 3. The predicted octanol–water partition coefficient (Wildman–Crippen LogP) is 5.71. The number of likely N-dealkylation sites (tertiary alicyclic amines) is 1. The maximum absolute atomic E-state index is 14.1. The predicted molar refractivity (Wildman–Crippen MR) is 267 cm³/mol. The molecule has 5 amide bonds. The van der Waals surface area contributed by atoms with Crippen molar-refractivity contribution in [2.45, 2.75) is 82.3 Å². The summed E-state index contributed by atoms with van der Waals surface area (Å²) >= 11 is 7.40. The number of imide groups is 1. The third-order valence-electron chi connectivity index (χ3n) is 14.3. The zero-order valence-electron chi connectivity index (χ0n) is 39.4. The number of carbonyl (C=O) groups is 7. The van der Waals surface area contributed by atoms with Crippen molar-refractivity contribution in [2.24, 2.45) is 17.8 Å². The van der Waals surface area contributed by atoms with Gasteiger partial charge in [-0.25, -0.2) is 18.0 Å². The summed E-state index contributed by atoms with van der Waals surface area (Å²) in [4.78, 5) is 91.0. The van der Waals surface area contributed by atoms with Crippen LogP contribution in [0.4, 0.5) is 17.1 Å². The van der Waals surface area contributed by atoms with E-state index in [-0.39, 0.29) is 101 Å². The Kier molecular flexibility index (Phi) is 14.1. The lowest BCUT2D eigenvalue weighted by Crippen LogP contribution is -2.55. The zero-order chi connectivity index (χ0) is 51.2. The number of halogens is 1. The molecule has 4 aromatic rings. The fraction of sp³-hybridized carbons (Fsp3) is 0.420. The molecule has 19 nitrogen and oxygen atoms in total. The van der Waals surface area contributed by atoms with Gasteiger partial charge in [-0.15, -0.1) is 11.3 Å². The molecule has 0 bridgehead atoms. The van der Waals surface area contributed by atoms with Crippen LogP contribution < -0.4 is 26.0 Å². The molecule has 0 radical (unpaired) electrons. The molecule has 4 aliphatic heterocycles. The largest absolute Gasteiger partial charge is 0.479 e. The SMILES string of the molecule is CC1(C)C[C@@H](Nc2cccc(-c3sc(C(=O)O)c(OCC(=O)O)c3Cl)c2)CCN1S(=O)(=O)Cc1cccc(NC(=O)C2C[C@@H]3CN(C(=O)CNc4cccc5c4CN([C@@H]4CCC(=O)NC4=O)C5=O)C[C@@H]3C2)c1. The van der Waals surface area contributed by atoms with Gasteiger partial charge in [-0.05, 0) is 105 Å². The number of sulfonamides is 1. The van der Waals surface area contributed by atoms with Gasteiger partial charge in [0.25, 0.3) is 5.91 Å². The highest BCUT2D eigenvalue weighted by atomic mass is 35.5. The van der Waals surface area contributed by atoms with Crippen LogP contribution >= 0.6 is 22.9 Å². The minimum Gasteiger partial charge on any atom is -0.479 e. The normalized spacial score (nSPS) is 22.8. The Morgan fingerprint density at radius 2 is 1.67 bits per heavy atom. The molecule has 380 valence electrons. The Labute approximate surface area is 424 Å². The maximum Gasteiger partial charge on any atom is 0.349 e. The molecule has 1 aromatic heterocycles. The highest BCUT2D eigenvalue weighted by Crippen LogP contribution is 2.47. The minimum atomic E-state index is -3.82. The van der Waals surface area contributed by atoms with Crippen molar-refractivity contribution in [3.8, 4) is 16.2 Å². The number of aliphatic carboxylic acids is 1. The van der Waals surface area contributed by atoms with E-state index in [9.17, 15) is 47.1 Å². The number of fused-ring (bicyclic) bond motifs is 2. The first-order valence-electron chi connectivity index (χ1n) is 23.7. The minimum absolute atomic E-state index is 0.00618. The highest BCUT2D eigenvalue weighted by molar-refractivity contribution is 7.88. The van der Waals surface area contributed by atoms with Crippen LogP contribution in [-0.4, -0.2) is 125 Å². The average molecular weight is 1040 g/mol. The average Bonchev–Trinajstić information content (AvgIpc) is 4.08. The van der Waals surface area contributed by atoms with Crippen LogP contribution in [0.1, 0.15) is 83.5 Å².